The number of sulfone groups is 1. The standard InChI is InChI=1S/C8H15NO4S2.C2H5N3O2.ClH/c1-2-5-15(12,13)6-14-4-3-7(9)8(10)11;1-5(4-7)2(3)6;/h2,7H,1,3-6,9H2,(H,10,11);1H3,(H2,3,6);1H/t7-;;/m0../s1. The Morgan fingerprint density at radius 2 is 2.00 bits per heavy atom. The molecule has 1 atom stereocenters. The Labute approximate surface area is 144 Å². The average molecular weight is 393 g/mol. The molecule has 0 heterocycles. The number of hydrogen-bond acceptors (Lipinski definition) is 8. The Balaban J connectivity index is -0.000000425. The number of thioether (sulfide) groups is 1. The van der Waals surface area contributed by atoms with Crippen molar-refractivity contribution in [1.82, 2.24) is 5.01 Å². The van der Waals surface area contributed by atoms with Gasteiger partial charge >= 0.3 is 12.0 Å². The lowest BCUT2D eigenvalue weighted by molar-refractivity contribution is -0.138. The lowest BCUT2D eigenvalue weighted by Crippen LogP contribution is -2.30. The van der Waals surface area contributed by atoms with Gasteiger partial charge in [0.25, 0.3) is 0 Å². The fourth-order valence-electron chi connectivity index (χ4n) is 0.788. The van der Waals surface area contributed by atoms with Crippen LogP contribution in [-0.4, -0.2) is 60.2 Å². The molecule has 0 fully saturated rings. The summed E-state index contributed by atoms with van der Waals surface area (Å²) in [6.07, 6.45) is 1.60. The number of carboxylic acid groups (broad SMARTS) is 1. The number of nitrogens with zero attached hydrogens (tertiary/aromatic N) is 2. The molecule has 0 saturated heterocycles. The summed E-state index contributed by atoms with van der Waals surface area (Å²) in [5.74, 6) is -0.695. The average Bonchev–Trinajstić information content (AvgIpc) is 2.42. The molecule has 13 heteroatoms. The predicted octanol–water partition coefficient (Wildman–Crippen LogP) is 0.180. The van der Waals surface area contributed by atoms with E-state index >= 15 is 0 Å². The second-order valence-electron chi connectivity index (χ2n) is 3.90. The summed E-state index contributed by atoms with van der Waals surface area (Å²) in [4.78, 5) is 29.4. The van der Waals surface area contributed by atoms with Gasteiger partial charge in [-0.1, -0.05) is 6.08 Å². The molecule has 23 heavy (non-hydrogen) atoms. The SMILES string of the molecule is C=CCS(=O)(=O)CSCC[C@H](N)C(=O)O.CN(N=O)C(N)=O.Cl. The van der Waals surface area contributed by atoms with Crippen LogP contribution in [-0.2, 0) is 14.6 Å². The topological polar surface area (TPSA) is 173 Å². The number of urea groups is 1. The number of primary amides is 1. The van der Waals surface area contributed by atoms with Crippen LogP contribution in [0.4, 0.5) is 4.79 Å². The van der Waals surface area contributed by atoms with Gasteiger partial charge in [0.15, 0.2) is 9.84 Å². The van der Waals surface area contributed by atoms with Crippen molar-refractivity contribution in [1.29, 1.82) is 0 Å². The summed E-state index contributed by atoms with van der Waals surface area (Å²) in [6, 6.07) is -1.77. The second kappa shape index (κ2) is 14.2. The van der Waals surface area contributed by atoms with Crippen molar-refractivity contribution in [2.45, 2.75) is 12.5 Å². The first kappa shape index (κ1) is 26.5. The molecule has 0 aromatic heterocycles. The Kier molecular flexibility index (Phi) is 16.4. The number of carbonyl (C=O) groups is 2. The molecular weight excluding hydrogens is 372 g/mol. The van der Waals surface area contributed by atoms with Gasteiger partial charge in [0.05, 0.1) is 16.1 Å². The molecule has 0 rings (SSSR count). The first-order valence-corrected chi connectivity index (χ1v) is 8.78. The molecule has 0 radical (unpaired) electrons. The summed E-state index contributed by atoms with van der Waals surface area (Å²) in [7, 11) is -1.92. The van der Waals surface area contributed by atoms with Crippen LogP contribution < -0.4 is 11.5 Å². The van der Waals surface area contributed by atoms with E-state index in [1.54, 1.807) is 0 Å². The number of aliphatic carboxylic acids is 1. The number of hydrogen-bond donors (Lipinski definition) is 3. The highest BCUT2D eigenvalue weighted by molar-refractivity contribution is 8.12. The minimum absolute atomic E-state index is 0. The van der Waals surface area contributed by atoms with E-state index in [2.05, 4.69) is 17.6 Å². The van der Waals surface area contributed by atoms with E-state index in [9.17, 15) is 22.9 Å². The van der Waals surface area contributed by atoms with Crippen molar-refractivity contribution in [3.63, 3.8) is 0 Å². The van der Waals surface area contributed by atoms with E-state index in [4.69, 9.17) is 10.8 Å². The van der Waals surface area contributed by atoms with Crippen molar-refractivity contribution in [3.8, 4) is 0 Å². The predicted molar refractivity (Wildman–Crippen MR) is 91.9 cm³/mol. The van der Waals surface area contributed by atoms with Crippen LogP contribution in [0.5, 0.6) is 0 Å². The highest BCUT2D eigenvalue weighted by Gasteiger charge is 2.12. The summed E-state index contributed by atoms with van der Waals surface area (Å²) in [6.45, 7) is 3.34. The number of nitroso groups, excluding NO2 is 1. The molecule has 0 spiro atoms. The molecule has 0 aliphatic heterocycles. The van der Waals surface area contributed by atoms with Crippen molar-refractivity contribution in [2.24, 2.45) is 16.8 Å². The molecule has 5 N–H and O–H groups in total. The van der Waals surface area contributed by atoms with Gasteiger partial charge in [-0.05, 0) is 12.2 Å². The Morgan fingerprint density at radius 1 is 1.48 bits per heavy atom. The largest absolute Gasteiger partial charge is 0.480 e. The zero-order valence-electron chi connectivity index (χ0n) is 12.5. The van der Waals surface area contributed by atoms with E-state index in [0.717, 1.165) is 0 Å². The first-order valence-electron chi connectivity index (χ1n) is 5.81. The van der Waals surface area contributed by atoms with E-state index in [1.165, 1.54) is 24.9 Å². The van der Waals surface area contributed by atoms with Crippen LogP contribution in [0.25, 0.3) is 0 Å². The number of carbonyl (C=O) groups excluding carboxylic acids is 1. The normalized spacial score (nSPS) is 11.0. The minimum atomic E-state index is -3.09. The molecular formula is C10H21ClN4O6S2. The zero-order chi connectivity index (χ0) is 17.8. The number of amides is 2. The smallest absolute Gasteiger partial charge is 0.337 e. The molecule has 0 unspecified atom stereocenters. The lowest BCUT2D eigenvalue weighted by atomic mass is 10.2. The van der Waals surface area contributed by atoms with Gasteiger partial charge in [-0.15, -0.1) is 35.7 Å². The van der Waals surface area contributed by atoms with Crippen LogP contribution in [0, 0.1) is 4.91 Å². The minimum Gasteiger partial charge on any atom is -0.480 e. The highest BCUT2D eigenvalue weighted by Crippen LogP contribution is 2.09. The third-order valence-electron chi connectivity index (χ3n) is 1.97. The van der Waals surface area contributed by atoms with Gasteiger partial charge in [-0.3, -0.25) is 4.79 Å². The van der Waals surface area contributed by atoms with E-state index in [0.29, 0.717) is 10.8 Å². The molecule has 0 aliphatic rings. The maximum atomic E-state index is 11.2. The van der Waals surface area contributed by atoms with Gasteiger partial charge in [-0.25, -0.2) is 13.2 Å². The lowest BCUT2D eigenvalue weighted by Gasteiger charge is -2.05. The summed E-state index contributed by atoms with van der Waals surface area (Å²) >= 11 is 1.17. The number of halogens is 1. The van der Waals surface area contributed by atoms with Crippen LogP contribution in [0.15, 0.2) is 17.9 Å². The number of nitrogens with two attached hydrogens (primary N) is 2. The van der Waals surface area contributed by atoms with Crippen molar-refractivity contribution in [2.75, 3.05) is 23.6 Å². The quantitative estimate of drug-likeness (QED) is 0.215. The fourth-order valence-corrected chi connectivity index (χ4v) is 3.44. The monoisotopic (exact) mass is 392 g/mol. The molecule has 0 aliphatic carbocycles. The van der Waals surface area contributed by atoms with Crippen LogP contribution in [0.3, 0.4) is 0 Å². The van der Waals surface area contributed by atoms with E-state index in [1.807, 2.05) is 0 Å². The Hall–Kier alpha value is -1.37. The van der Waals surface area contributed by atoms with Crippen LogP contribution in [0.1, 0.15) is 6.42 Å². The molecule has 0 saturated carbocycles. The van der Waals surface area contributed by atoms with E-state index in [-0.39, 0.29) is 29.7 Å². The van der Waals surface area contributed by atoms with Gasteiger partial charge < -0.3 is 16.6 Å². The number of rotatable bonds is 9. The number of carboxylic acids is 1. The summed E-state index contributed by atoms with van der Waals surface area (Å²) in [5.41, 5.74) is 9.79. The van der Waals surface area contributed by atoms with Crippen molar-refractivity contribution in [3.05, 3.63) is 17.6 Å². The third-order valence-corrected chi connectivity index (χ3v) is 5.34. The maximum Gasteiger partial charge on any atom is 0.337 e. The first-order chi connectivity index (χ1) is 10.1. The molecule has 10 nitrogen and oxygen atoms in total. The molecule has 2 amide bonds. The van der Waals surface area contributed by atoms with Gasteiger partial charge in [-0.2, -0.15) is 5.01 Å². The summed E-state index contributed by atoms with van der Waals surface area (Å²) in [5, 5.41) is 11.1. The van der Waals surface area contributed by atoms with Crippen molar-refractivity contribution < 1.29 is 23.1 Å². The van der Waals surface area contributed by atoms with Crippen molar-refractivity contribution >= 4 is 46.0 Å². The van der Waals surface area contributed by atoms with Gasteiger partial charge in [0, 0.05) is 7.05 Å². The van der Waals surface area contributed by atoms with Gasteiger partial charge in [0.1, 0.15) is 6.04 Å². The summed E-state index contributed by atoms with van der Waals surface area (Å²) < 4.78 is 22.3. The van der Waals surface area contributed by atoms with E-state index < -0.39 is 27.9 Å². The Morgan fingerprint density at radius 3 is 2.30 bits per heavy atom. The Bertz CT molecular complexity index is 488. The molecule has 0 bridgehead atoms. The second-order valence-corrected chi connectivity index (χ2v) is 7.48. The zero-order valence-corrected chi connectivity index (χ0v) is 14.9. The third kappa shape index (κ3) is 16.8. The molecule has 0 aromatic rings. The fraction of sp³-hybridized carbons (Fsp3) is 0.600. The van der Waals surface area contributed by atoms with Crippen LogP contribution in [0.2, 0.25) is 0 Å². The molecule has 0 aromatic carbocycles. The van der Waals surface area contributed by atoms with Crippen LogP contribution >= 0.6 is 24.2 Å². The molecule has 136 valence electrons. The highest BCUT2D eigenvalue weighted by atomic mass is 35.5. The maximum absolute atomic E-state index is 11.2. The van der Waals surface area contributed by atoms with Gasteiger partial charge in [0.2, 0.25) is 0 Å².